The molecule has 3 nitrogen and oxygen atoms in total. The van der Waals surface area contributed by atoms with Gasteiger partial charge in [-0.1, -0.05) is 25.1 Å². The van der Waals surface area contributed by atoms with Crippen molar-refractivity contribution in [2.75, 3.05) is 39.3 Å². The average Bonchev–Trinajstić information content (AvgIpc) is 2.49. The highest BCUT2D eigenvalue weighted by Gasteiger charge is 2.16. The molecule has 1 fully saturated rings. The van der Waals surface area contributed by atoms with Crippen LogP contribution in [-0.2, 0) is 0 Å². The molecule has 0 atom stereocenters. The summed E-state index contributed by atoms with van der Waals surface area (Å²) < 4.78 is 5.90. The van der Waals surface area contributed by atoms with Gasteiger partial charge in [-0.15, -0.1) is 0 Å². The summed E-state index contributed by atoms with van der Waals surface area (Å²) in [5.41, 5.74) is 1.22. The van der Waals surface area contributed by atoms with Crippen LogP contribution < -0.4 is 10.1 Å². The third-order valence-corrected chi connectivity index (χ3v) is 4.18. The molecule has 0 amide bonds. The standard InChI is InChI=1S/C17H28N2O/c1-3-19(14-16-8-10-18-11-9-16)12-13-20-17-7-5-4-6-15(17)2/h4-7,16,18H,3,8-14H2,1-2H3. The topological polar surface area (TPSA) is 24.5 Å². The molecule has 1 aromatic rings. The first-order chi connectivity index (χ1) is 9.79. The van der Waals surface area contributed by atoms with E-state index in [1.54, 1.807) is 0 Å². The first kappa shape index (κ1) is 15.3. The van der Waals surface area contributed by atoms with Gasteiger partial charge in [-0.25, -0.2) is 0 Å². The van der Waals surface area contributed by atoms with Crippen molar-refractivity contribution in [3.8, 4) is 5.75 Å². The maximum Gasteiger partial charge on any atom is 0.122 e. The second-order valence-electron chi connectivity index (χ2n) is 5.70. The molecular formula is C17H28N2O. The Morgan fingerprint density at radius 1 is 1.25 bits per heavy atom. The Balaban J connectivity index is 1.72. The lowest BCUT2D eigenvalue weighted by atomic mass is 9.97. The van der Waals surface area contributed by atoms with Crippen molar-refractivity contribution in [3.05, 3.63) is 29.8 Å². The maximum atomic E-state index is 5.90. The fourth-order valence-corrected chi connectivity index (χ4v) is 2.81. The molecule has 0 aliphatic carbocycles. The SMILES string of the molecule is CCN(CCOc1ccccc1C)CC1CCNCC1. The van der Waals surface area contributed by atoms with Crippen LogP contribution in [0.4, 0.5) is 0 Å². The number of benzene rings is 1. The van der Waals surface area contributed by atoms with Gasteiger partial charge in [0.15, 0.2) is 0 Å². The van der Waals surface area contributed by atoms with E-state index in [1.807, 2.05) is 6.07 Å². The number of ether oxygens (including phenoxy) is 1. The Labute approximate surface area is 123 Å². The predicted molar refractivity (Wildman–Crippen MR) is 84.4 cm³/mol. The van der Waals surface area contributed by atoms with Crippen molar-refractivity contribution in [3.63, 3.8) is 0 Å². The van der Waals surface area contributed by atoms with Crippen molar-refractivity contribution in [2.45, 2.75) is 26.7 Å². The molecule has 1 saturated heterocycles. The number of piperidine rings is 1. The summed E-state index contributed by atoms with van der Waals surface area (Å²) in [5.74, 6) is 1.88. The summed E-state index contributed by atoms with van der Waals surface area (Å²) in [5, 5.41) is 3.43. The summed E-state index contributed by atoms with van der Waals surface area (Å²) in [6.07, 6.45) is 2.63. The molecular weight excluding hydrogens is 248 g/mol. The van der Waals surface area contributed by atoms with Gasteiger partial charge in [-0.3, -0.25) is 4.90 Å². The van der Waals surface area contributed by atoms with Crippen molar-refractivity contribution < 1.29 is 4.74 Å². The molecule has 1 aromatic carbocycles. The van der Waals surface area contributed by atoms with Crippen LogP contribution in [0.2, 0.25) is 0 Å². The Morgan fingerprint density at radius 3 is 2.70 bits per heavy atom. The smallest absolute Gasteiger partial charge is 0.122 e. The largest absolute Gasteiger partial charge is 0.492 e. The minimum Gasteiger partial charge on any atom is -0.492 e. The number of hydrogen-bond acceptors (Lipinski definition) is 3. The van der Waals surface area contributed by atoms with Gasteiger partial charge in [0.2, 0.25) is 0 Å². The van der Waals surface area contributed by atoms with Gasteiger partial charge in [0.1, 0.15) is 12.4 Å². The number of nitrogens with one attached hydrogen (secondary N) is 1. The Hall–Kier alpha value is -1.06. The third-order valence-electron chi connectivity index (χ3n) is 4.18. The quantitative estimate of drug-likeness (QED) is 0.828. The lowest BCUT2D eigenvalue weighted by molar-refractivity contribution is 0.177. The number of aryl methyl sites for hydroxylation is 1. The van der Waals surface area contributed by atoms with Gasteiger partial charge in [-0.05, 0) is 56.9 Å². The molecule has 2 rings (SSSR count). The average molecular weight is 276 g/mol. The molecule has 0 saturated carbocycles. The molecule has 1 N–H and O–H groups in total. The van der Waals surface area contributed by atoms with Crippen molar-refractivity contribution in [1.29, 1.82) is 0 Å². The Morgan fingerprint density at radius 2 is 2.00 bits per heavy atom. The summed E-state index contributed by atoms with van der Waals surface area (Å²) in [6.45, 7) is 10.8. The van der Waals surface area contributed by atoms with E-state index in [0.717, 1.165) is 31.4 Å². The highest BCUT2D eigenvalue weighted by atomic mass is 16.5. The van der Waals surface area contributed by atoms with E-state index < -0.39 is 0 Å². The van der Waals surface area contributed by atoms with Gasteiger partial charge in [0, 0.05) is 13.1 Å². The van der Waals surface area contributed by atoms with Crippen LogP contribution in [0, 0.1) is 12.8 Å². The summed E-state index contributed by atoms with van der Waals surface area (Å²) >= 11 is 0. The second-order valence-corrected chi connectivity index (χ2v) is 5.70. The number of likely N-dealkylation sites (N-methyl/N-ethyl adjacent to an activating group) is 1. The van der Waals surface area contributed by atoms with E-state index in [2.05, 4.69) is 42.3 Å². The van der Waals surface area contributed by atoms with E-state index in [4.69, 9.17) is 4.74 Å². The van der Waals surface area contributed by atoms with Crippen LogP contribution in [-0.4, -0.2) is 44.2 Å². The summed E-state index contributed by atoms with van der Waals surface area (Å²) in [7, 11) is 0. The van der Waals surface area contributed by atoms with Gasteiger partial charge in [-0.2, -0.15) is 0 Å². The van der Waals surface area contributed by atoms with Crippen LogP contribution in [0.1, 0.15) is 25.3 Å². The number of para-hydroxylation sites is 1. The molecule has 0 radical (unpaired) electrons. The van der Waals surface area contributed by atoms with Crippen molar-refractivity contribution in [2.24, 2.45) is 5.92 Å². The molecule has 1 aliphatic rings. The minimum atomic E-state index is 0.781. The Kier molecular flexibility index (Phi) is 6.34. The zero-order valence-corrected chi connectivity index (χ0v) is 12.9. The van der Waals surface area contributed by atoms with E-state index in [0.29, 0.717) is 0 Å². The molecule has 20 heavy (non-hydrogen) atoms. The van der Waals surface area contributed by atoms with E-state index in [1.165, 1.54) is 38.0 Å². The first-order valence-electron chi connectivity index (χ1n) is 7.91. The molecule has 0 unspecified atom stereocenters. The summed E-state index contributed by atoms with van der Waals surface area (Å²) in [4.78, 5) is 2.52. The maximum absolute atomic E-state index is 5.90. The van der Waals surface area contributed by atoms with Crippen LogP contribution in [0.15, 0.2) is 24.3 Å². The Bertz CT molecular complexity index is 388. The van der Waals surface area contributed by atoms with Crippen LogP contribution in [0.3, 0.4) is 0 Å². The first-order valence-corrected chi connectivity index (χ1v) is 7.91. The van der Waals surface area contributed by atoms with Crippen LogP contribution in [0.5, 0.6) is 5.75 Å². The highest BCUT2D eigenvalue weighted by molar-refractivity contribution is 5.31. The normalized spacial score (nSPS) is 16.6. The van der Waals surface area contributed by atoms with Crippen LogP contribution in [0.25, 0.3) is 0 Å². The van der Waals surface area contributed by atoms with Gasteiger partial charge < -0.3 is 10.1 Å². The lowest BCUT2D eigenvalue weighted by Crippen LogP contribution is -2.37. The number of hydrogen-bond donors (Lipinski definition) is 1. The number of nitrogens with zero attached hydrogens (tertiary/aromatic N) is 1. The summed E-state index contributed by atoms with van der Waals surface area (Å²) in [6, 6.07) is 8.24. The second kappa shape index (κ2) is 8.28. The van der Waals surface area contributed by atoms with Crippen molar-refractivity contribution >= 4 is 0 Å². The zero-order valence-electron chi connectivity index (χ0n) is 12.9. The van der Waals surface area contributed by atoms with Crippen LogP contribution >= 0.6 is 0 Å². The molecule has 1 heterocycles. The van der Waals surface area contributed by atoms with Crippen molar-refractivity contribution in [1.82, 2.24) is 10.2 Å². The molecule has 3 heteroatoms. The monoisotopic (exact) mass is 276 g/mol. The molecule has 0 bridgehead atoms. The predicted octanol–water partition coefficient (Wildman–Crippen LogP) is 2.70. The zero-order chi connectivity index (χ0) is 14.2. The van der Waals surface area contributed by atoms with E-state index in [-0.39, 0.29) is 0 Å². The fraction of sp³-hybridized carbons (Fsp3) is 0.647. The lowest BCUT2D eigenvalue weighted by Gasteiger charge is -2.29. The minimum absolute atomic E-state index is 0.781. The van der Waals surface area contributed by atoms with Gasteiger partial charge >= 0.3 is 0 Å². The number of rotatable bonds is 7. The molecule has 112 valence electrons. The van der Waals surface area contributed by atoms with Gasteiger partial charge in [0.25, 0.3) is 0 Å². The third kappa shape index (κ3) is 4.80. The molecule has 0 aromatic heterocycles. The highest BCUT2D eigenvalue weighted by Crippen LogP contribution is 2.16. The van der Waals surface area contributed by atoms with E-state index >= 15 is 0 Å². The molecule has 1 aliphatic heterocycles. The molecule has 0 spiro atoms. The van der Waals surface area contributed by atoms with Gasteiger partial charge in [0.05, 0.1) is 0 Å². The fourth-order valence-electron chi connectivity index (χ4n) is 2.81. The van der Waals surface area contributed by atoms with E-state index in [9.17, 15) is 0 Å².